The smallest absolute Gasteiger partial charge is 0.395 e. The van der Waals surface area contributed by atoms with Gasteiger partial charge in [-0.15, -0.1) is 0 Å². The number of phosphoric ester groups is 2. The normalized spacial score (nSPS) is 14.8. The molecule has 0 heterocycles. The highest BCUT2D eigenvalue weighted by Gasteiger charge is 2.26. The number of carbonyl (C=O) groups excluding carboxylic acids is 2. The van der Waals surface area contributed by atoms with E-state index in [1.165, 1.54) is 21.6 Å². The molecule has 18 heteroatoms. The first-order chi connectivity index (χ1) is 20.0. The van der Waals surface area contributed by atoms with Gasteiger partial charge in [0.2, 0.25) is 11.8 Å². The Kier molecular flexibility index (Phi) is 22.0. The minimum Gasteiger partial charge on any atom is -0.395 e. The third kappa shape index (κ3) is 22.2. The van der Waals surface area contributed by atoms with E-state index in [9.17, 15) is 28.5 Å². The standard InChI is InChI=1S/C25H53N3O13P2/c1-21(2)18-36-19-26(20-41-43(34,35)40-16-11-27(8-13-29)24(7)30)9-15-38-42(32,33)39-17-12-28(25(31)22(3)4)10-14-37-23(5)6/h21-23,29H,8-20H2,1-7H3,(H,32,33)(H,34,35). The minimum absolute atomic E-state index is 0.00280. The van der Waals surface area contributed by atoms with Crippen LogP contribution in [0.4, 0.5) is 0 Å². The molecule has 0 saturated heterocycles. The first-order valence-electron chi connectivity index (χ1n) is 14.3. The molecule has 2 unspecified atom stereocenters. The second-order valence-electron chi connectivity index (χ2n) is 10.6. The number of hydrogen-bond acceptors (Lipinski definition) is 12. The molecule has 16 nitrogen and oxygen atoms in total. The van der Waals surface area contributed by atoms with Crippen LogP contribution in [-0.2, 0) is 46.3 Å². The van der Waals surface area contributed by atoms with Crippen LogP contribution in [0.2, 0.25) is 0 Å². The van der Waals surface area contributed by atoms with E-state index in [2.05, 4.69) is 0 Å². The summed E-state index contributed by atoms with van der Waals surface area (Å²) >= 11 is 0. The van der Waals surface area contributed by atoms with Gasteiger partial charge in [-0.05, 0) is 19.8 Å². The maximum Gasteiger partial charge on any atom is 0.473 e. The number of carbonyl (C=O) groups is 2. The van der Waals surface area contributed by atoms with Crippen molar-refractivity contribution in [1.82, 2.24) is 14.7 Å². The quantitative estimate of drug-likeness (QED) is 0.0896. The molecule has 0 aliphatic heterocycles. The molecule has 0 spiro atoms. The molecule has 0 saturated carbocycles. The summed E-state index contributed by atoms with van der Waals surface area (Å²) in [6.07, 6.45) is -0.00280. The Bertz CT molecular complexity index is 879. The van der Waals surface area contributed by atoms with Crippen molar-refractivity contribution in [3.63, 3.8) is 0 Å². The topological polar surface area (TPSA) is 194 Å². The molecule has 2 amide bonds. The Labute approximate surface area is 255 Å². The molecule has 0 fully saturated rings. The number of phosphoric acid groups is 2. The van der Waals surface area contributed by atoms with E-state index >= 15 is 0 Å². The largest absolute Gasteiger partial charge is 0.473 e. The van der Waals surface area contributed by atoms with Crippen LogP contribution in [0, 0.1) is 11.8 Å². The summed E-state index contributed by atoms with van der Waals surface area (Å²) in [4.78, 5) is 48.3. The van der Waals surface area contributed by atoms with Crippen molar-refractivity contribution in [1.29, 1.82) is 0 Å². The van der Waals surface area contributed by atoms with Gasteiger partial charge in [-0.2, -0.15) is 0 Å². The lowest BCUT2D eigenvalue weighted by Gasteiger charge is -2.26. The SMILES string of the molecule is CC(=O)N(CCO)CCOP(=O)(O)OCN(CCOP(=O)(O)OCCN(CCOC(C)C)C(=O)C(C)C)COCC(C)C. The van der Waals surface area contributed by atoms with E-state index in [4.69, 9.17) is 32.7 Å². The second kappa shape index (κ2) is 22.5. The van der Waals surface area contributed by atoms with E-state index < -0.39 is 22.4 Å². The molecule has 0 aromatic heterocycles. The number of hydrogen-bond donors (Lipinski definition) is 3. The van der Waals surface area contributed by atoms with Gasteiger partial charge in [-0.3, -0.25) is 32.6 Å². The summed E-state index contributed by atoms with van der Waals surface area (Å²) in [5.41, 5.74) is 0. The predicted octanol–water partition coefficient (Wildman–Crippen LogP) is 1.89. The lowest BCUT2D eigenvalue weighted by molar-refractivity contribution is -0.136. The highest BCUT2D eigenvalue weighted by atomic mass is 31.2. The van der Waals surface area contributed by atoms with Crippen molar-refractivity contribution in [3.05, 3.63) is 0 Å². The molecular formula is C25H53N3O13P2. The first kappa shape index (κ1) is 42.0. The van der Waals surface area contributed by atoms with Gasteiger partial charge in [0.15, 0.2) is 0 Å². The van der Waals surface area contributed by atoms with Crippen LogP contribution in [0.5, 0.6) is 0 Å². The van der Waals surface area contributed by atoms with Gasteiger partial charge >= 0.3 is 15.6 Å². The van der Waals surface area contributed by atoms with Crippen molar-refractivity contribution in [2.75, 3.05) is 85.8 Å². The third-order valence-corrected chi connectivity index (χ3v) is 7.42. The average Bonchev–Trinajstić information content (AvgIpc) is 2.89. The number of nitrogens with zero attached hydrogens (tertiary/aromatic N) is 3. The van der Waals surface area contributed by atoms with Crippen LogP contribution in [0.15, 0.2) is 0 Å². The number of aliphatic hydroxyl groups is 1. The van der Waals surface area contributed by atoms with Gasteiger partial charge in [-0.1, -0.05) is 27.7 Å². The lowest BCUT2D eigenvalue weighted by Crippen LogP contribution is -2.39. The number of aliphatic hydroxyl groups excluding tert-OH is 1. The maximum absolute atomic E-state index is 12.5. The molecular weight excluding hydrogens is 612 g/mol. The number of ether oxygens (including phenoxy) is 2. The molecule has 2 atom stereocenters. The van der Waals surface area contributed by atoms with Gasteiger partial charge in [0.05, 0.1) is 45.7 Å². The Balaban J connectivity index is 4.88. The summed E-state index contributed by atoms with van der Waals surface area (Å²) in [7, 11) is -9.02. The first-order valence-corrected chi connectivity index (χ1v) is 17.3. The van der Waals surface area contributed by atoms with Crippen LogP contribution in [-0.4, -0.2) is 133 Å². The zero-order chi connectivity index (χ0) is 33.1. The fourth-order valence-electron chi connectivity index (χ4n) is 3.27. The summed E-state index contributed by atoms with van der Waals surface area (Å²) < 4.78 is 55.8. The van der Waals surface area contributed by atoms with Crippen molar-refractivity contribution in [2.24, 2.45) is 11.8 Å². The van der Waals surface area contributed by atoms with Crippen molar-refractivity contribution in [3.8, 4) is 0 Å². The van der Waals surface area contributed by atoms with E-state index in [0.29, 0.717) is 19.8 Å². The Morgan fingerprint density at radius 1 is 0.721 bits per heavy atom. The van der Waals surface area contributed by atoms with Crippen molar-refractivity contribution < 1.29 is 61.2 Å². The molecule has 0 rings (SSSR count). The molecule has 43 heavy (non-hydrogen) atoms. The summed E-state index contributed by atoms with van der Waals surface area (Å²) in [5.74, 6) is -0.543. The Morgan fingerprint density at radius 3 is 1.72 bits per heavy atom. The summed E-state index contributed by atoms with van der Waals surface area (Å²) in [5, 5.41) is 9.01. The highest BCUT2D eigenvalue weighted by Crippen LogP contribution is 2.44. The van der Waals surface area contributed by atoms with Crippen LogP contribution >= 0.6 is 15.6 Å². The maximum atomic E-state index is 12.5. The molecule has 0 bridgehead atoms. The lowest BCUT2D eigenvalue weighted by atomic mass is 10.2. The van der Waals surface area contributed by atoms with Gasteiger partial charge in [-0.25, -0.2) is 9.13 Å². The van der Waals surface area contributed by atoms with Crippen LogP contribution in [0.3, 0.4) is 0 Å². The van der Waals surface area contributed by atoms with Gasteiger partial charge in [0.1, 0.15) is 13.5 Å². The molecule has 3 N–H and O–H groups in total. The van der Waals surface area contributed by atoms with Crippen LogP contribution in [0.25, 0.3) is 0 Å². The van der Waals surface area contributed by atoms with Crippen molar-refractivity contribution in [2.45, 2.75) is 54.6 Å². The molecule has 0 aromatic carbocycles. The monoisotopic (exact) mass is 665 g/mol. The van der Waals surface area contributed by atoms with Gasteiger partial charge in [0, 0.05) is 45.6 Å². The predicted molar refractivity (Wildman–Crippen MR) is 158 cm³/mol. The van der Waals surface area contributed by atoms with E-state index in [1.54, 1.807) is 13.8 Å². The third-order valence-electron chi connectivity index (χ3n) is 5.45. The zero-order valence-corrected chi connectivity index (χ0v) is 28.4. The molecule has 0 aliphatic carbocycles. The van der Waals surface area contributed by atoms with E-state index in [1.807, 2.05) is 27.7 Å². The second-order valence-corrected chi connectivity index (χ2v) is 13.5. The zero-order valence-electron chi connectivity index (χ0n) is 26.6. The summed E-state index contributed by atoms with van der Waals surface area (Å²) in [6, 6.07) is 0. The van der Waals surface area contributed by atoms with Crippen molar-refractivity contribution >= 4 is 27.5 Å². The van der Waals surface area contributed by atoms with Gasteiger partial charge in [0.25, 0.3) is 0 Å². The highest BCUT2D eigenvalue weighted by molar-refractivity contribution is 7.47. The number of rotatable bonds is 26. The van der Waals surface area contributed by atoms with E-state index in [-0.39, 0.29) is 89.1 Å². The molecule has 0 aliphatic rings. The van der Waals surface area contributed by atoms with Gasteiger partial charge < -0.3 is 34.2 Å². The fraction of sp³-hybridized carbons (Fsp3) is 0.920. The van der Waals surface area contributed by atoms with E-state index in [0.717, 1.165) is 0 Å². The molecule has 0 radical (unpaired) electrons. The van der Waals surface area contributed by atoms with Crippen LogP contribution in [0.1, 0.15) is 48.5 Å². The molecule has 0 aromatic rings. The van der Waals surface area contributed by atoms with Crippen LogP contribution < -0.4 is 0 Å². The Hall–Kier alpha value is -1.00. The molecule has 256 valence electrons. The fourth-order valence-corrected chi connectivity index (χ4v) is 4.67. The average molecular weight is 666 g/mol. The Morgan fingerprint density at radius 2 is 1.23 bits per heavy atom. The number of amides is 2. The minimum atomic E-state index is -4.53. The summed E-state index contributed by atoms with van der Waals surface area (Å²) in [6.45, 7) is 11.9.